The monoisotopic (exact) mass is 384 g/mol. The van der Waals surface area contributed by atoms with Gasteiger partial charge >= 0.3 is 0 Å². The number of amides is 2. The maximum atomic E-state index is 13.0. The van der Waals surface area contributed by atoms with Crippen LogP contribution in [0.1, 0.15) is 28.8 Å². The van der Waals surface area contributed by atoms with Crippen LogP contribution < -0.4 is 4.74 Å². The van der Waals surface area contributed by atoms with E-state index in [1.165, 1.54) is 12.1 Å². The topological polar surface area (TPSA) is 49.9 Å². The van der Waals surface area contributed by atoms with E-state index < -0.39 is 0 Å². The average molecular weight is 384 g/mol. The quantitative estimate of drug-likeness (QED) is 0.794. The lowest BCUT2D eigenvalue weighted by Crippen LogP contribution is -2.42. The Labute approximate surface area is 164 Å². The van der Waals surface area contributed by atoms with E-state index in [0.717, 1.165) is 5.56 Å². The fourth-order valence-corrected chi connectivity index (χ4v) is 3.38. The molecule has 6 heteroatoms. The second-order valence-corrected chi connectivity index (χ2v) is 7.21. The SMILES string of the molecule is CN(C)C(=O)C1CCN(C(=O)c2ccccc2OCc2ccc(F)cc2)CC1. The van der Waals surface area contributed by atoms with Crippen LogP contribution in [0.3, 0.4) is 0 Å². The molecule has 1 aliphatic heterocycles. The molecule has 1 aliphatic rings. The number of hydrogen-bond donors (Lipinski definition) is 0. The third-order valence-corrected chi connectivity index (χ3v) is 5.00. The average Bonchev–Trinajstić information content (AvgIpc) is 2.72. The number of piperidine rings is 1. The van der Waals surface area contributed by atoms with Crippen LogP contribution >= 0.6 is 0 Å². The number of benzene rings is 2. The molecular weight excluding hydrogens is 359 g/mol. The normalized spacial score (nSPS) is 14.6. The zero-order valence-corrected chi connectivity index (χ0v) is 16.2. The molecule has 0 radical (unpaired) electrons. The first kappa shape index (κ1) is 19.9. The Bertz CT molecular complexity index is 828. The molecule has 2 aromatic carbocycles. The highest BCUT2D eigenvalue weighted by molar-refractivity contribution is 5.97. The van der Waals surface area contributed by atoms with Crippen molar-refractivity contribution in [2.24, 2.45) is 5.92 Å². The summed E-state index contributed by atoms with van der Waals surface area (Å²) in [5.74, 6) is 0.211. The summed E-state index contributed by atoms with van der Waals surface area (Å²) >= 11 is 0. The van der Waals surface area contributed by atoms with Gasteiger partial charge in [-0.2, -0.15) is 0 Å². The summed E-state index contributed by atoms with van der Waals surface area (Å²) in [4.78, 5) is 28.5. The molecule has 28 heavy (non-hydrogen) atoms. The number of halogens is 1. The van der Waals surface area contributed by atoms with Gasteiger partial charge in [-0.3, -0.25) is 9.59 Å². The molecule has 0 N–H and O–H groups in total. The van der Waals surface area contributed by atoms with Crippen molar-refractivity contribution in [1.82, 2.24) is 9.80 Å². The zero-order valence-electron chi connectivity index (χ0n) is 16.2. The van der Waals surface area contributed by atoms with E-state index in [1.807, 2.05) is 6.07 Å². The molecule has 0 saturated carbocycles. The third kappa shape index (κ3) is 4.68. The van der Waals surface area contributed by atoms with Crippen LogP contribution in [0.25, 0.3) is 0 Å². The number of likely N-dealkylation sites (tertiary alicyclic amines) is 1. The molecule has 2 aromatic rings. The molecule has 1 fully saturated rings. The Kier molecular flexibility index (Phi) is 6.29. The summed E-state index contributed by atoms with van der Waals surface area (Å²) in [5, 5.41) is 0. The standard InChI is InChI=1S/C22H25FN2O3/c1-24(2)21(26)17-11-13-25(14-12-17)22(27)19-5-3-4-6-20(19)28-15-16-7-9-18(23)10-8-16/h3-10,17H,11-15H2,1-2H3. The number of carbonyl (C=O) groups excluding carboxylic acids is 2. The lowest BCUT2D eigenvalue weighted by Gasteiger charge is -2.32. The molecule has 0 spiro atoms. The van der Waals surface area contributed by atoms with Crippen LogP contribution in [-0.4, -0.2) is 48.8 Å². The highest BCUT2D eigenvalue weighted by Gasteiger charge is 2.29. The van der Waals surface area contributed by atoms with Crippen molar-refractivity contribution in [2.75, 3.05) is 27.2 Å². The lowest BCUT2D eigenvalue weighted by atomic mass is 9.95. The molecular formula is C22H25FN2O3. The van der Waals surface area contributed by atoms with Crippen molar-refractivity contribution in [3.8, 4) is 5.75 Å². The molecule has 3 rings (SSSR count). The molecule has 0 aliphatic carbocycles. The lowest BCUT2D eigenvalue weighted by molar-refractivity contribution is -0.134. The number of nitrogens with zero attached hydrogens (tertiary/aromatic N) is 2. The maximum Gasteiger partial charge on any atom is 0.257 e. The first-order valence-corrected chi connectivity index (χ1v) is 9.42. The first-order valence-electron chi connectivity index (χ1n) is 9.42. The molecule has 5 nitrogen and oxygen atoms in total. The molecule has 148 valence electrons. The van der Waals surface area contributed by atoms with E-state index in [2.05, 4.69) is 0 Å². The van der Waals surface area contributed by atoms with Gasteiger partial charge in [-0.25, -0.2) is 4.39 Å². The van der Waals surface area contributed by atoms with Gasteiger partial charge in [0.15, 0.2) is 0 Å². The number of rotatable bonds is 5. The van der Waals surface area contributed by atoms with Crippen LogP contribution in [0.2, 0.25) is 0 Å². The predicted molar refractivity (Wildman–Crippen MR) is 104 cm³/mol. The largest absolute Gasteiger partial charge is 0.488 e. The van der Waals surface area contributed by atoms with E-state index in [1.54, 1.807) is 54.2 Å². The van der Waals surface area contributed by atoms with Gasteiger partial charge in [-0.05, 0) is 42.7 Å². The highest BCUT2D eigenvalue weighted by Crippen LogP contribution is 2.25. The second kappa shape index (κ2) is 8.87. The van der Waals surface area contributed by atoms with Crippen molar-refractivity contribution in [3.63, 3.8) is 0 Å². The molecule has 0 unspecified atom stereocenters. The predicted octanol–water partition coefficient (Wildman–Crippen LogP) is 3.35. The van der Waals surface area contributed by atoms with Crippen molar-refractivity contribution >= 4 is 11.8 Å². The summed E-state index contributed by atoms with van der Waals surface area (Å²) in [5.41, 5.74) is 1.33. The van der Waals surface area contributed by atoms with E-state index in [4.69, 9.17) is 4.74 Å². The Morgan fingerprint density at radius 3 is 2.36 bits per heavy atom. The van der Waals surface area contributed by atoms with E-state index in [0.29, 0.717) is 37.2 Å². The van der Waals surface area contributed by atoms with E-state index in [9.17, 15) is 14.0 Å². The number of carbonyl (C=O) groups is 2. The van der Waals surface area contributed by atoms with Crippen LogP contribution in [0.4, 0.5) is 4.39 Å². The minimum Gasteiger partial charge on any atom is -0.488 e. The van der Waals surface area contributed by atoms with Gasteiger partial charge in [0.2, 0.25) is 5.91 Å². The van der Waals surface area contributed by atoms with Gasteiger partial charge in [-0.15, -0.1) is 0 Å². The molecule has 1 heterocycles. The second-order valence-electron chi connectivity index (χ2n) is 7.21. The van der Waals surface area contributed by atoms with Crippen LogP contribution in [-0.2, 0) is 11.4 Å². The Balaban J connectivity index is 1.64. The van der Waals surface area contributed by atoms with E-state index in [-0.39, 0.29) is 30.2 Å². The minimum absolute atomic E-state index is 0.0241. The van der Waals surface area contributed by atoms with Gasteiger partial charge in [-0.1, -0.05) is 24.3 Å². The Morgan fingerprint density at radius 1 is 1.07 bits per heavy atom. The highest BCUT2D eigenvalue weighted by atomic mass is 19.1. The van der Waals surface area contributed by atoms with Gasteiger partial charge in [0.1, 0.15) is 18.2 Å². The first-order chi connectivity index (χ1) is 13.5. The summed E-state index contributed by atoms with van der Waals surface area (Å²) in [6.07, 6.45) is 1.34. The number of para-hydroxylation sites is 1. The number of ether oxygens (including phenoxy) is 1. The zero-order chi connectivity index (χ0) is 20.1. The van der Waals surface area contributed by atoms with Crippen molar-refractivity contribution in [3.05, 3.63) is 65.5 Å². The van der Waals surface area contributed by atoms with Crippen molar-refractivity contribution < 1.29 is 18.7 Å². The van der Waals surface area contributed by atoms with Crippen LogP contribution in [0.15, 0.2) is 48.5 Å². The van der Waals surface area contributed by atoms with Crippen molar-refractivity contribution in [2.45, 2.75) is 19.4 Å². The van der Waals surface area contributed by atoms with Crippen molar-refractivity contribution in [1.29, 1.82) is 0 Å². The number of hydrogen-bond acceptors (Lipinski definition) is 3. The van der Waals surface area contributed by atoms with Gasteiger partial charge < -0.3 is 14.5 Å². The third-order valence-electron chi connectivity index (χ3n) is 5.00. The summed E-state index contributed by atoms with van der Waals surface area (Å²) in [6.45, 7) is 1.36. The molecule has 0 atom stereocenters. The summed E-state index contributed by atoms with van der Waals surface area (Å²) in [7, 11) is 3.52. The summed E-state index contributed by atoms with van der Waals surface area (Å²) < 4.78 is 18.9. The fraction of sp³-hybridized carbons (Fsp3) is 0.364. The van der Waals surface area contributed by atoms with Crippen LogP contribution in [0.5, 0.6) is 5.75 Å². The van der Waals surface area contributed by atoms with Crippen LogP contribution in [0, 0.1) is 11.7 Å². The van der Waals surface area contributed by atoms with E-state index >= 15 is 0 Å². The molecule has 1 saturated heterocycles. The van der Waals surface area contributed by atoms with Gasteiger partial charge in [0.25, 0.3) is 5.91 Å². The molecule has 2 amide bonds. The van der Waals surface area contributed by atoms with Gasteiger partial charge in [0, 0.05) is 33.1 Å². The molecule has 0 aromatic heterocycles. The molecule has 0 bridgehead atoms. The maximum absolute atomic E-state index is 13.0. The smallest absolute Gasteiger partial charge is 0.257 e. The Morgan fingerprint density at radius 2 is 1.71 bits per heavy atom. The fourth-order valence-electron chi connectivity index (χ4n) is 3.38. The summed E-state index contributed by atoms with van der Waals surface area (Å²) in [6, 6.07) is 13.2. The minimum atomic E-state index is -0.296. The Hall–Kier alpha value is -2.89. The van der Waals surface area contributed by atoms with Gasteiger partial charge in [0.05, 0.1) is 5.56 Å².